The number of aromatic nitrogens is 2. The van der Waals surface area contributed by atoms with Crippen molar-refractivity contribution in [3.63, 3.8) is 0 Å². The fraction of sp³-hybridized carbons (Fsp3) is 0.556. The Balaban J connectivity index is 1.84. The molecule has 1 heterocycles. The molecule has 0 amide bonds. The van der Waals surface area contributed by atoms with Gasteiger partial charge in [-0.25, -0.2) is 0 Å². The molecule has 1 N–H and O–H groups in total. The first-order chi connectivity index (χ1) is 11.1. The summed E-state index contributed by atoms with van der Waals surface area (Å²) in [5.74, 6) is 2.33. The second kappa shape index (κ2) is 6.71. The maximum Gasteiger partial charge on any atom is 0.223 e. The lowest BCUT2D eigenvalue weighted by Gasteiger charge is -2.35. The van der Waals surface area contributed by atoms with Crippen LogP contribution in [0.1, 0.15) is 54.9 Å². The van der Waals surface area contributed by atoms with Gasteiger partial charge in [0.25, 0.3) is 0 Å². The number of methoxy groups -OCH3 is 1. The van der Waals surface area contributed by atoms with Crippen molar-refractivity contribution in [2.75, 3.05) is 7.11 Å². The molecule has 0 radical (unpaired) electrons. The van der Waals surface area contributed by atoms with Crippen LogP contribution in [-0.2, 0) is 12.1 Å². The third-order valence-electron chi connectivity index (χ3n) is 4.72. The van der Waals surface area contributed by atoms with Crippen LogP contribution in [0.25, 0.3) is 0 Å². The zero-order chi connectivity index (χ0) is 16.3. The van der Waals surface area contributed by atoms with E-state index in [-0.39, 0.29) is 5.54 Å². The molecular weight excluding hydrogens is 290 g/mol. The summed E-state index contributed by atoms with van der Waals surface area (Å²) in [4.78, 5) is 4.51. The molecule has 1 aromatic heterocycles. The van der Waals surface area contributed by atoms with Gasteiger partial charge in [0.15, 0.2) is 5.82 Å². The third kappa shape index (κ3) is 3.39. The van der Waals surface area contributed by atoms with Crippen molar-refractivity contribution in [1.29, 1.82) is 0 Å². The summed E-state index contributed by atoms with van der Waals surface area (Å²) >= 11 is 0. The van der Waals surface area contributed by atoms with E-state index in [1.807, 2.05) is 13.0 Å². The van der Waals surface area contributed by atoms with Crippen molar-refractivity contribution >= 4 is 0 Å². The van der Waals surface area contributed by atoms with Gasteiger partial charge in [0, 0.05) is 19.0 Å². The fourth-order valence-electron chi connectivity index (χ4n) is 3.44. The highest BCUT2D eigenvalue weighted by atomic mass is 16.5. The SMILES string of the molecule is COc1ccc(C)cc1CNC1(c2noc(C)n2)CCCCC1. The predicted molar refractivity (Wildman–Crippen MR) is 88.4 cm³/mol. The summed E-state index contributed by atoms with van der Waals surface area (Å²) in [6.45, 7) is 4.68. The van der Waals surface area contributed by atoms with Gasteiger partial charge in [-0.2, -0.15) is 4.98 Å². The van der Waals surface area contributed by atoms with E-state index in [4.69, 9.17) is 9.26 Å². The Morgan fingerprint density at radius 3 is 2.65 bits per heavy atom. The van der Waals surface area contributed by atoms with Gasteiger partial charge in [0.05, 0.1) is 12.6 Å². The van der Waals surface area contributed by atoms with Gasteiger partial charge in [-0.05, 0) is 25.8 Å². The van der Waals surface area contributed by atoms with E-state index in [1.165, 1.54) is 24.8 Å². The Hall–Kier alpha value is -1.88. The van der Waals surface area contributed by atoms with Crippen LogP contribution in [0, 0.1) is 13.8 Å². The molecule has 0 spiro atoms. The molecule has 124 valence electrons. The van der Waals surface area contributed by atoms with Gasteiger partial charge in [-0.1, -0.05) is 42.1 Å². The van der Waals surface area contributed by atoms with Crippen LogP contribution < -0.4 is 10.1 Å². The number of nitrogens with zero attached hydrogens (tertiary/aromatic N) is 2. The summed E-state index contributed by atoms with van der Waals surface area (Å²) in [5.41, 5.74) is 2.21. The number of aryl methyl sites for hydroxylation is 2. The molecule has 0 bridgehead atoms. The first kappa shape index (κ1) is 16.0. The first-order valence-corrected chi connectivity index (χ1v) is 8.32. The zero-order valence-electron chi connectivity index (χ0n) is 14.2. The van der Waals surface area contributed by atoms with E-state index in [0.717, 1.165) is 36.5 Å². The second-order valence-corrected chi connectivity index (χ2v) is 6.45. The lowest BCUT2D eigenvalue weighted by molar-refractivity contribution is 0.210. The molecule has 23 heavy (non-hydrogen) atoms. The molecule has 0 unspecified atom stereocenters. The lowest BCUT2D eigenvalue weighted by Crippen LogP contribution is -2.44. The quantitative estimate of drug-likeness (QED) is 0.912. The highest BCUT2D eigenvalue weighted by molar-refractivity contribution is 5.37. The normalized spacial score (nSPS) is 17.2. The Kier molecular flexibility index (Phi) is 4.66. The summed E-state index contributed by atoms with van der Waals surface area (Å²) in [6.07, 6.45) is 5.73. The largest absolute Gasteiger partial charge is 0.496 e. The molecule has 1 aromatic carbocycles. The van der Waals surface area contributed by atoms with E-state index < -0.39 is 0 Å². The van der Waals surface area contributed by atoms with E-state index >= 15 is 0 Å². The zero-order valence-corrected chi connectivity index (χ0v) is 14.2. The lowest BCUT2D eigenvalue weighted by atomic mass is 9.81. The van der Waals surface area contributed by atoms with Crippen molar-refractivity contribution in [2.24, 2.45) is 0 Å². The van der Waals surface area contributed by atoms with Crippen LogP contribution in [0.2, 0.25) is 0 Å². The van der Waals surface area contributed by atoms with Crippen molar-refractivity contribution in [3.8, 4) is 5.75 Å². The van der Waals surface area contributed by atoms with E-state index in [9.17, 15) is 0 Å². The van der Waals surface area contributed by atoms with Gasteiger partial charge >= 0.3 is 0 Å². The molecule has 3 rings (SSSR count). The average molecular weight is 315 g/mol. The molecule has 1 aliphatic carbocycles. The molecule has 2 aromatic rings. The Bertz CT molecular complexity index is 660. The fourth-order valence-corrected chi connectivity index (χ4v) is 3.44. The predicted octanol–water partition coefficient (Wildman–Crippen LogP) is 3.64. The number of hydrogen-bond acceptors (Lipinski definition) is 5. The molecule has 1 fully saturated rings. The Labute approximate surface area is 137 Å². The van der Waals surface area contributed by atoms with Gasteiger partial charge < -0.3 is 14.6 Å². The van der Waals surface area contributed by atoms with Crippen molar-refractivity contribution in [3.05, 3.63) is 41.0 Å². The standard InChI is InChI=1S/C18H25N3O2/c1-13-7-8-16(22-3)15(11-13)12-19-18(9-5-4-6-10-18)17-20-14(2)23-21-17/h7-8,11,19H,4-6,9-10,12H2,1-3H3. The molecule has 5 nitrogen and oxygen atoms in total. The topological polar surface area (TPSA) is 60.2 Å². The Morgan fingerprint density at radius 1 is 1.22 bits per heavy atom. The van der Waals surface area contributed by atoms with E-state index in [1.54, 1.807) is 7.11 Å². The molecule has 1 saturated carbocycles. The highest BCUT2D eigenvalue weighted by Gasteiger charge is 2.37. The first-order valence-electron chi connectivity index (χ1n) is 8.32. The van der Waals surface area contributed by atoms with Crippen molar-refractivity contribution in [1.82, 2.24) is 15.5 Å². The van der Waals surface area contributed by atoms with Gasteiger partial charge in [0.2, 0.25) is 5.89 Å². The van der Waals surface area contributed by atoms with Gasteiger partial charge in [0.1, 0.15) is 5.75 Å². The molecule has 1 aliphatic rings. The monoisotopic (exact) mass is 315 g/mol. The van der Waals surface area contributed by atoms with Crippen LogP contribution in [0.3, 0.4) is 0 Å². The van der Waals surface area contributed by atoms with E-state index in [0.29, 0.717) is 5.89 Å². The van der Waals surface area contributed by atoms with Gasteiger partial charge in [-0.3, -0.25) is 0 Å². The van der Waals surface area contributed by atoms with Crippen LogP contribution in [0.4, 0.5) is 0 Å². The number of benzene rings is 1. The molecule has 0 aliphatic heterocycles. The summed E-state index contributed by atoms with van der Waals surface area (Å²) < 4.78 is 10.7. The van der Waals surface area contributed by atoms with E-state index in [2.05, 4.69) is 34.5 Å². The maximum absolute atomic E-state index is 5.49. The van der Waals surface area contributed by atoms with Crippen LogP contribution in [0.15, 0.2) is 22.7 Å². The second-order valence-electron chi connectivity index (χ2n) is 6.45. The van der Waals surface area contributed by atoms with Crippen LogP contribution >= 0.6 is 0 Å². The number of nitrogens with one attached hydrogen (secondary N) is 1. The van der Waals surface area contributed by atoms with Gasteiger partial charge in [-0.15, -0.1) is 0 Å². The molecule has 0 saturated heterocycles. The minimum absolute atomic E-state index is 0.190. The van der Waals surface area contributed by atoms with Crippen LogP contribution in [-0.4, -0.2) is 17.3 Å². The summed E-state index contributed by atoms with van der Waals surface area (Å²) in [7, 11) is 1.72. The molecular formula is C18H25N3O2. The molecule has 0 atom stereocenters. The third-order valence-corrected chi connectivity index (χ3v) is 4.72. The summed E-state index contributed by atoms with van der Waals surface area (Å²) in [5, 5.41) is 7.92. The van der Waals surface area contributed by atoms with Crippen molar-refractivity contribution < 1.29 is 9.26 Å². The number of hydrogen-bond donors (Lipinski definition) is 1. The number of rotatable bonds is 5. The number of ether oxygens (including phenoxy) is 1. The Morgan fingerprint density at radius 2 is 2.00 bits per heavy atom. The van der Waals surface area contributed by atoms with Crippen molar-refractivity contribution in [2.45, 2.75) is 58.0 Å². The minimum Gasteiger partial charge on any atom is -0.496 e. The minimum atomic E-state index is -0.190. The maximum atomic E-state index is 5.49. The summed E-state index contributed by atoms with van der Waals surface area (Å²) in [6, 6.07) is 6.27. The molecule has 5 heteroatoms. The van der Waals surface area contributed by atoms with Crippen LogP contribution in [0.5, 0.6) is 5.75 Å². The highest BCUT2D eigenvalue weighted by Crippen LogP contribution is 2.36. The average Bonchev–Trinajstić information content (AvgIpc) is 3.01. The smallest absolute Gasteiger partial charge is 0.223 e.